The van der Waals surface area contributed by atoms with Crippen LogP contribution >= 0.6 is 23.1 Å². The first-order valence-electron chi connectivity index (χ1n) is 5.34. The number of carbonyl (C=O) groups excluding carboxylic acids is 1. The Kier molecular flexibility index (Phi) is 4.38. The molecule has 1 amide bonds. The number of thioether (sulfide) groups is 1. The van der Waals surface area contributed by atoms with Gasteiger partial charge >= 0.3 is 0 Å². The molecule has 0 N–H and O–H groups in total. The number of carbonyl (C=O) groups is 1. The van der Waals surface area contributed by atoms with E-state index >= 15 is 0 Å². The lowest BCUT2D eigenvalue weighted by Gasteiger charge is -2.14. The van der Waals surface area contributed by atoms with E-state index in [2.05, 4.69) is 10.2 Å². The number of aromatic nitrogens is 2. The molecule has 2 heterocycles. The number of nitrogens with zero attached hydrogens (tertiary/aromatic N) is 3. The third-order valence-electron chi connectivity index (χ3n) is 2.23. The van der Waals surface area contributed by atoms with E-state index in [4.69, 9.17) is 4.42 Å². The quantitative estimate of drug-likeness (QED) is 0.787. The van der Waals surface area contributed by atoms with E-state index in [1.54, 1.807) is 18.2 Å². The predicted octanol–water partition coefficient (Wildman–Crippen LogP) is 2.19. The van der Waals surface area contributed by atoms with E-state index in [0.29, 0.717) is 12.3 Å². The van der Waals surface area contributed by atoms with Crippen LogP contribution in [0.25, 0.3) is 0 Å². The monoisotopic (exact) mass is 283 g/mol. The summed E-state index contributed by atoms with van der Waals surface area (Å²) >= 11 is 2.91. The van der Waals surface area contributed by atoms with E-state index in [9.17, 15) is 4.79 Å². The van der Waals surface area contributed by atoms with Gasteiger partial charge in [-0.1, -0.05) is 23.1 Å². The number of furan rings is 1. The van der Waals surface area contributed by atoms with Crippen LogP contribution in [0.4, 0.5) is 0 Å². The molecule has 0 unspecified atom stereocenters. The third kappa shape index (κ3) is 3.58. The molecular weight excluding hydrogens is 270 g/mol. The fourth-order valence-electron chi connectivity index (χ4n) is 1.29. The van der Waals surface area contributed by atoms with Gasteiger partial charge in [0, 0.05) is 7.05 Å². The molecule has 0 atom stereocenters. The molecule has 0 aliphatic carbocycles. The summed E-state index contributed by atoms with van der Waals surface area (Å²) < 4.78 is 6.03. The van der Waals surface area contributed by atoms with Gasteiger partial charge in [0.05, 0.1) is 18.6 Å². The lowest BCUT2D eigenvalue weighted by Crippen LogP contribution is -2.27. The number of aryl methyl sites for hydroxylation is 1. The molecule has 0 aromatic carbocycles. The van der Waals surface area contributed by atoms with E-state index in [0.717, 1.165) is 15.1 Å². The molecule has 0 radical (unpaired) electrons. The Hall–Kier alpha value is -1.34. The second kappa shape index (κ2) is 6.01. The number of hydrogen-bond acceptors (Lipinski definition) is 6. The summed E-state index contributed by atoms with van der Waals surface area (Å²) in [7, 11) is 1.76. The maximum atomic E-state index is 11.9. The molecule has 2 aromatic heterocycles. The van der Waals surface area contributed by atoms with Gasteiger partial charge < -0.3 is 9.32 Å². The van der Waals surface area contributed by atoms with Crippen molar-refractivity contribution in [1.29, 1.82) is 0 Å². The Morgan fingerprint density at radius 3 is 3.00 bits per heavy atom. The van der Waals surface area contributed by atoms with E-state index in [1.807, 2.05) is 19.1 Å². The molecule has 96 valence electrons. The maximum absolute atomic E-state index is 11.9. The Balaban J connectivity index is 1.80. The lowest BCUT2D eigenvalue weighted by molar-refractivity contribution is -0.127. The minimum Gasteiger partial charge on any atom is -0.467 e. The van der Waals surface area contributed by atoms with Crippen molar-refractivity contribution in [3.05, 3.63) is 29.2 Å². The van der Waals surface area contributed by atoms with Crippen LogP contribution in [0.15, 0.2) is 27.2 Å². The van der Waals surface area contributed by atoms with Gasteiger partial charge in [-0.15, -0.1) is 10.2 Å². The van der Waals surface area contributed by atoms with Gasteiger partial charge in [-0.25, -0.2) is 0 Å². The Morgan fingerprint density at radius 1 is 1.56 bits per heavy atom. The fourth-order valence-corrected chi connectivity index (χ4v) is 3.05. The van der Waals surface area contributed by atoms with E-state index < -0.39 is 0 Å². The average molecular weight is 283 g/mol. The maximum Gasteiger partial charge on any atom is 0.233 e. The third-order valence-corrected chi connectivity index (χ3v) is 4.18. The summed E-state index contributed by atoms with van der Waals surface area (Å²) in [4.78, 5) is 13.5. The smallest absolute Gasteiger partial charge is 0.233 e. The second-order valence-corrected chi connectivity index (χ2v) is 6.11. The average Bonchev–Trinajstić information content (AvgIpc) is 2.97. The molecular formula is C11H13N3O2S2. The van der Waals surface area contributed by atoms with Crippen LogP contribution in [0.3, 0.4) is 0 Å². The zero-order valence-corrected chi connectivity index (χ0v) is 11.8. The minimum atomic E-state index is 0.0456. The van der Waals surface area contributed by atoms with Crippen LogP contribution in [-0.4, -0.2) is 33.8 Å². The molecule has 0 aliphatic heterocycles. The van der Waals surface area contributed by atoms with Crippen molar-refractivity contribution in [3.63, 3.8) is 0 Å². The molecule has 0 aliphatic rings. The number of amides is 1. The molecule has 0 fully saturated rings. The summed E-state index contributed by atoms with van der Waals surface area (Å²) in [6, 6.07) is 3.66. The highest BCUT2D eigenvalue weighted by Crippen LogP contribution is 2.22. The highest BCUT2D eigenvalue weighted by molar-refractivity contribution is 8.01. The number of rotatable bonds is 5. The molecule has 0 saturated carbocycles. The van der Waals surface area contributed by atoms with Crippen molar-refractivity contribution in [2.24, 2.45) is 0 Å². The minimum absolute atomic E-state index is 0.0456. The van der Waals surface area contributed by atoms with Crippen LogP contribution in [0.5, 0.6) is 0 Å². The Morgan fingerprint density at radius 2 is 2.39 bits per heavy atom. The molecule has 5 nitrogen and oxygen atoms in total. The first-order valence-corrected chi connectivity index (χ1v) is 7.14. The number of hydrogen-bond donors (Lipinski definition) is 0. The fraction of sp³-hybridized carbons (Fsp3) is 0.364. The van der Waals surface area contributed by atoms with Crippen LogP contribution in [0.1, 0.15) is 10.8 Å². The van der Waals surface area contributed by atoms with Crippen molar-refractivity contribution in [1.82, 2.24) is 15.1 Å². The van der Waals surface area contributed by atoms with Crippen molar-refractivity contribution in [3.8, 4) is 0 Å². The van der Waals surface area contributed by atoms with Crippen molar-refractivity contribution in [2.45, 2.75) is 17.8 Å². The molecule has 0 bridgehead atoms. The summed E-state index contributed by atoms with van der Waals surface area (Å²) in [5.74, 6) is 1.19. The molecule has 2 aromatic rings. The SMILES string of the molecule is Cc1nnc(SCC(=O)N(C)Cc2ccco2)s1. The highest BCUT2D eigenvalue weighted by Gasteiger charge is 2.12. The normalized spacial score (nSPS) is 10.6. The molecule has 18 heavy (non-hydrogen) atoms. The van der Waals surface area contributed by atoms with E-state index in [-0.39, 0.29) is 5.91 Å². The van der Waals surface area contributed by atoms with Gasteiger partial charge in [0.2, 0.25) is 5.91 Å². The molecule has 7 heteroatoms. The zero-order chi connectivity index (χ0) is 13.0. The standard InChI is InChI=1S/C11H13N3O2S2/c1-8-12-13-11(18-8)17-7-10(15)14(2)6-9-4-3-5-16-9/h3-5H,6-7H2,1-2H3. The topological polar surface area (TPSA) is 59.2 Å². The van der Waals surface area contributed by atoms with Crippen LogP contribution in [0, 0.1) is 6.92 Å². The van der Waals surface area contributed by atoms with E-state index in [1.165, 1.54) is 23.1 Å². The Labute approximate surface area is 113 Å². The van der Waals surface area contributed by atoms with Crippen molar-refractivity contribution >= 4 is 29.0 Å². The highest BCUT2D eigenvalue weighted by atomic mass is 32.2. The van der Waals surface area contributed by atoms with Crippen LogP contribution in [0.2, 0.25) is 0 Å². The lowest BCUT2D eigenvalue weighted by atomic mass is 10.4. The molecule has 0 saturated heterocycles. The van der Waals surface area contributed by atoms with Gasteiger partial charge in [0.15, 0.2) is 4.34 Å². The first kappa shape index (κ1) is 13.1. The van der Waals surface area contributed by atoms with Gasteiger partial charge in [-0.3, -0.25) is 4.79 Å². The van der Waals surface area contributed by atoms with Crippen LogP contribution < -0.4 is 0 Å². The summed E-state index contributed by atoms with van der Waals surface area (Å²) in [5, 5.41) is 8.78. The Bertz CT molecular complexity index is 510. The second-order valence-electron chi connectivity index (χ2n) is 3.70. The summed E-state index contributed by atoms with van der Waals surface area (Å²) in [6.45, 7) is 2.38. The predicted molar refractivity (Wildman–Crippen MR) is 70.6 cm³/mol. The van der Waals surface area contributed by atoms with Gasteiger partial charge in [-0.05, 0) is 19.1 Å². The van der Waals surface area contributed by atoms with Gasteiger partial charge in [-0.2, -0.15) is 0 Å². The zero-order valence-electron chi connectivity index (χ0n) is 10.1. The molecule has 2 rings (SSSR count). The molecule has 0 spiro atoms. The van der Waals surface area contributed by atoms with Gasteiger partial charge in [0.1, 0.15) is 10.8 Å². The van der Waals surface area contributed by atoms with Crippen LogP contribution in [-0.2, 0) is 11.3 Å². The summed E-state index contributed by atoms with van der Waals surface area (Å²) in [6.07, 6.45) is 1.60. The largest absolute Gasteiger partial charge is 0.467 e. The van der Waals surface area contributed by atoms with Crippen molar-refractivity contribution in [2.75, 3.05) is 12.8 Å². The first-order chi connectivity index (χ1) is 8.65. The van der Waals surface area contributed by atoms with Gasteiger partial charge in [0.25, 0.3) is 0 Å². The summed E-state index contributed by atoms with van der Waals surface area (Å²) in [5.41, 5.74) is 0. The van der Waals surface area contributed by atoms with Crippen molar-refractivity contribution < 1.29 is 9.21 Å².